The first kappa shape index (κ1) is 22.6. The lowest BCUT2D eigenvalue weighted by atomic mass is 9.98. The number of hydrogen-bond donors (Lipinski definition) is 2. The maximum absolute atomic E-state index is 13.0. The van der Waals surface area contributed by atoms with Gasteiger partial charge in [0.2, 0.25) is 5.91 Å². The molecule has 1 fully saturated rings. The first-order chi connectivity index (χ1) is 15.1. The van der Waals surface area contributed by atoms with E-state index in [1.54, 1.807) is 19.2 Å². The summed E-state index contributed by atoms with van der Waals surface area (Å²) in [5.41, 5.74) is 2.10. The largest absolute Gasteiger partial charge is 0.497 e. The molecule has 3 rings (SSSR count). The minimum absolute atomic E-state index is 0.0902. The average molecular weight is 427 g/mol. The van der Waals surface area contributed by atoms with E-state index in [9.17, 15) is 9.18 Å². The van der Waals surface area contributed by atoms with Crippen molar-refractivity contribution in [3.8, 4) is 5.75 Å². The molecular formula is C24H31FN4O2. The molecule has 1 amide bonds. The van der Waals surface area contributed by atoms with E-state index in [0.717, 1.165) is 43.3 Å². The fraction of sp³-hybridized carbons (Fsp3) is 0.417. The molecule has 31 heavy (non-hydrogen) atoms. The summed E-state index contributed by atoms with van der Waals surface area (Å²) in [6, 6.07) is 14.3. The Morgan fingerprint density at radius 2 is 1.90 bits per heavy atom. The average Bonchev–Trinajstić information content (AvgIpc) is 3.28. The normalized spacial score (nSPS) is 16.3. The van der Waals surface area contributed by atoms with E-state index in [1.807, 2.05) is 12.1 Å². The van der Waals surface area contributed by atoms with Crippen molar-refractivity contribution in [1.29, 1.82) is 0 Å². The summed E-state index contributed by atoms with van der Waals surface area (Å²) in [5.74, 6) is 1.82. The molecule has 1 aliphatic rings. The third-order valence-electron chi connectivity index (χ3n) is 5.38. The Morgan fingerprint density at radius 1 is 1.16 bits per heavy atom. The second kappa shape index (κ2) is 11.3. The van der Waals surface area contributed by atoms with Gasteiger partial charge in [-0.1, -0.05) is 24.3 Å². The molecular weight excluding hydrogens is 395 g/mol. The lowest BCUT2D eigenvalue weighted by Crippen LogP contribution is -2.40. The van der Waals surface area contributed by atoms with Gasteiger partial charge in [0.15, 0.2) is 5.96 Å². The summed E-state index contributed by atoms with van der Waals surface area (Å²) >= 11 is 0. The van der Waals surface area contributed by atoms with E-state index < -0.39 is 0 Å². The van der Waals surface area contributed by atoms with Gasteiger partial charge in [0.25, 0.3) is 0 Å². The molecule has 0 aliphatic carbocycles. The molecule has 2 aromatic carbocycles. The number of ether oxygens (including phenoxy) is 1. The minimum atomic E-state index is -0.300. The number of guanidine groups is 1. The molecule has 0 radical (unpaired) electrons. The van der Waals surface area contributed by atoms with Crippen molar-refractivity contribution in [1.82, 2.24) is 15.5 Å². The summed E-state index contributed by atoms with van der Waals surface area (Å²) in [6.07, 6.45) is 1.31. The quantitative estimate of drug-likeness (QED) is 0.387. The van der Waals surface area contributed by atoms with Crippen LogP contribution in [0.3, 0.4) is 0 Å². The van der Waals surface area contributed by atoms with E-state index in [4.69, 9.17) is 4.74 Å². The summed E-state index contributed by atoms with van der Waals surface area (Å²) < 4.78 is 18.2. The van der Waals surface area contributed by atoms with Crippen LogP contribution in [0.5, 0.6) is 5.75 Å². The number of benzene rings is 2. The number of rotatable bonds is 8. The lowest BCUT2D eigenvalue weighted by Gasteiger charge is -2.22. The van der Waals surface area contributed by atoms with E-state index in [1.165, 1.54) is 17.7 Å². The number of hydrogen-bond acceptors (Lipinski definition) is 3. The highest BCUT2D eigenvalue weighted by molar-refractivity contribution is 5.80. The lowest BCUT2D eigenvalue weighted by molar-refractivity contribution is -0.120. The molecule has 1 atom stereocenters. The Bertz CT molecular complexity index is 868. The fourth-order valence-corrected chi connectivity index (χ4v) is 3.73. The number of amides is 1. The van der Waals surface area contributed by atoms with Gasteiger partial charge in [-0.15, -0.1) is 0 Å². The molecule has 2 N–H and O–H groups in total. The molecule has 1 aliphatic heterocycles. The number of methoxy groups -OCH3 is 1. The van der Waals surface area contributed by atoms with Crippen LogP contribution in [0.1, 0.15) is 30.4 Å². The molecule has 6 nitrogen and oxygen atoms in total. The van der Waals surface area contributed by atoms with Crippen molar-refractivity contribution >= 4 is 11.9 Å². The molecule has 7 heteroatoms. The van der Waals surface area contributed by atoms with Crippen LogP contribution in [0.2, 0.25) is 0 Å². The van der Waals surface area contributed by atoms with E-state index in [0.29, 0.717) is 19.0 Å². The van der Waals surface area contributed by atoms with E-state index in [2.05, 4.69) is 39.6 Å². The Balaban J connectivity index is 1.48. The summed E-state index contributed by atoms with van der Waals surface area (Å²) in [7, 11) is 1.68. The van der Waals surface area contributed by atoms with Crippen LogP contribution in [0.15, 0.2) is 53.5 Å². The monoisotopic (exact) mass is 426 g/mol. The van der Waals surface area contributed by atoms with Crippen molar-refractivity contribution in [2.24, 2.45) is 4.99 Å². The second-order valence-corrected chi connectivity index (χ2v) is 7.59. The van der Waals surface area contributed by atoms with Gasteiger partial charge >= 0.3 is 0 Å². The van der Waals surface area contributed by atoms with Crippen LogP contribution in [-0.2, 0) is 11.2 Å². The van der Waals surface area contributed by atoms with Gasteiger partial charge in [0.1, 0.15) is 11.6 Å². The topological polar surface area (TPSA) is 66.0 Å². The first-order valence-electron chi connectivity index (χ1n) is 10.8. The number of halogens is 1. The summed E-state index contributed by atoms with van der Waals surface area (Å²) in [4.78, 5) is 19.0. The molecule has 0 bridgehead atoms. The molecule has 2 aromatic rings. The Kier molecular flexibility index (Phi) is 8.27. The number of carbonyl (C=O) groups excluding carboxylic acids is 1. The SMILES string of the molecule is CCNC(=NCCNC(=O)Cc1ccc(F)cc1)N1CCC(c2ccc(OC)cc2)C1. The van der Waals surface area contributed by atoms with Crippen LogP contribution in [-0.4, -0.2) is 56.6 Å². The summed E-state index contributed by atoms with van der Waals surface area (Å²) in [5, 5.41) is 6.24. The Hall–Kier alpha value is -3.09. The van der Waals surface area contributed by atoms with Crippen molar-refractivity contribution in [3.63, 3.8) is 0 Å². The fourth-order valence-electron chi connectivity index (χ4n) is 3.73. The zero-order valence-electron chi connectivity index (χ0n) is 18.2. The van der Waals surface area contributed by atoms with Crippen molar-refractivity contribution in [3.05, 3.63) is 65.5 Å². The molecule has 166 valence electrons. The highest BCUT2D eigenvalue weighted by Gasteiger charge is 2.26. The molecule has 1 unspecified atom stereocenters. The smallest absolute Gasteiger partial charge is 0.224 e. The van der Waals surface area contributed by atoms with Crippen LogP contribution in [0.25, 0.3) is 0 Å². The van der Waals surface area contributed by atoms with E-state index >= 15 is 0 Å². The number of likely N-dealkylation sites (tertiary alicyclic amines) is 1. The number of nitrogens with one attached hydrogen (secondary N) is 2. The predicted molar refractivity (Wildman–Crippen MR) is 121 cm³/mol. The van der Waals surface area contributed by atoms with Gasteiger partial charge in [-0.2, -0.15) is 0 Å². The van der Waals surface area contributed by atoms with Crippen LogP contribution in [0, 0.1) is 5.82 Å². The standard InChI is InChI=1S/C24H31FN4O2/c1-3-26-24(28-14-13-27-23(30)16-18-4-8-21(25)9-5-18)29-15-12-20(17-29)19-6-10-22(31-2)11-7-19/h4-11,20H,3,12-17H2,1-2H3,(H,26,28)(H,27,30). The molecule has 0 saturated carbocycles. The van der Waals surface area contributed by atoms with Crippen molar-refractivity contribution in [2.75, 3.05) is 39.8 Å². The van der Waals surface area contributed by atoms with Gasteiger partial charge in [-0.3, -0.25) is 9.79 Å². The van der Waals surface area contributed by atoms with Gasteiger partial charge in [-0.05, 0) is 48.7 Å². The first-order valence-corrected chi connectivity index (χ1v) is 10.8. The third kappa shape index (κ3) is 6.70. The second-order valence-electron chi connectivity index (χ2n) is 7.59. The third-order valence-corrected chi connectivity index (χ3v) is 5.38. The number of nitrogens with zero attached hydrogens (tertiary/aromatic N) is 2. The van der Waals surface area contributed by atoms with Gasteiger partial charge in [0.05, 0.1) is 20.1 Å². The maximum Gasteiger partial charge on any atom is 0.224 e. The summed E-state index contributed by atoms with van der Waals surface area (Å²) in [6.45, 7) is 5.66. The highest BCUT2D eigenvalue weighted by Crippen LogP contribution is 2.28. The zero-order valence-corrected chi connectivity index (χ0v) is 18.2. The van der Waals surface area contributed by atoms with Gasteiger partial charge in [0, 0.05) is 32.1 Å². The van der Waals surface area contributed by atoms with Crippen molar-refractivity contribution < 1.29 is 13.9 Å². The van der Waals surface area contributed by atoms with Crippen molar-refractivity contribution in [2.45, 2.75) is 25.7 Å². The van der Waals surface area contributed by atoms with Crippen LogP contribution < -0.4 is 15.4 Å². The number of carbonyl (C=O) groups is 1. The van der Waals surface area contributed by atoms with Crippen LogP contribution >= 0.6 is 0 Å². The molecule has 0 spiro atoms. The van der Waals surface area contributed by atoms with Gasteiger partial charge < -0.3 is 20.3 Å². The molecule has 1 saturated heterocycles. The maximum atomic E-state index is 13.0. The molecule has 1 heterocycles. The predicted octanol–water partition coefficient (Wildman–Crippen LogP) is 2.95. The highest BCUT2D eigenvalue weighted by atomic mass is 19.1. The van der Waals surface area contributed by atoms with E-state index in [-0.39, 0.29) is 18.1 Å². The van der Waals surface area contributed by atoms with Gasteiger partial charge in [-0.25, -0.2) is 4.39 Å². The minimum Gasteiger partial charge on any atom is -0.497 e. The zero-order chi connectivity index (χ0) is 22.1. The van der Waals surface area contributed by atoms with Crippen LogP contribution in [0.4, 0.5) is 4.39 Å². The Labute approximate surface area is 183 Å². The Morgan fingerprint density at radius 3 is 2.58 bits per heavy atom. The molecule has 0 aromatic heterocycles. The number of aliphatic imine (C=N–C) groups is 1.